The van der Waals surface area contributed by atoms with E-state index >= 15 is 0 Å². The van der Waals surface area contributed by atoms with Gasteiger partial charge in [0, 0.05) is 5.69 Å². The van der Waals surface area contributed by atoms with Crippen LogP contribution in [-0.2, 0) is 10.0 Å². The molecule has 0 aliphatic rings. The first-order valence-corrected chi connectivity index (χ1v) is 10.8. The molecule has 0 aliphatic heterocycles. The average molecular weight is 451 g/mol. The number of benzene rings is 2. The summed E-state index contributed by atoms with van der Waals surface area (Å²) in [6.07, 6.45) is 1.61. The lowest BCUT2D eigenvalue weighted by Crippen LogP contribution is -2.12. The number of hydrogen-bond donors (Lipinski definition) is 2. The minimum absolute atomic E-state index is 0.0310. The highest BCUT2D eigenvalue weighted by atomic mass is 35.5. The van der Waals surface area contributed by atoms with Gasteiger partial charge in [0.1, 0.15) is 12.4 Å². The minimum atomic E-state index is -3.97. The number of carbonyl (C=O) groups excluding carboxylic acids is 1. The third kappa shape index (κ3) is 5.31. The van der Waals surface area contributed by atoms with Gasteiger partial charge in [-0.25, -0.2) is 0 Å². The fraction of sp³-hybridized carbons (Fsp3) is 0.0556. The van der Waals surface area contributed by atoms with Gasteiger partial charge >= 0.3 is 0 Å². The first kappa shape index (κ1) is 20.8. The highest BCUT2D eigenvalue weighted by molar-refractivity contribution is 7.94. The summed E-state index contributed by atoms with van der Waals surface area (Å²) >= 11 is 6.70. The van der Waals surface area contributed by atoms with E-state index in [0.29, 0.717) is 18.0 Å². The Balaban J connectivity index is 1.69. The molecule has 2 N–H and O–H groups in total. The predicted octanol–water partition coefficient (Wildman–Crippen LogP) is 3.81. The predicted molar refractivity (Wildman–Crippen MR) is 112 cm³/mol. The number of ether oxygens (including phenoxy) is 1. The van der Waals surface area contributed by atoms with Crippen LogP contribution in [0.25, 0.3) is 0 Å². The number of anilines is 2. The Kier molecular flexibility index (Phi) is 6.47. The standard InChI is InChI=1S/C18H15ClN4O4S2/c1-2-11-27-13-9-7-12(8-10-13)23-29(25,26)18-22-21-17(28-18)20-16(24)14-5-3-4-6-15(14)19/h2-10,23H,1,11H2,(H,20,21,24). The van der Waals surface area contributed by atoms with Crippen LogP contribution in [0.5, 0.6) is 5.75 Å². The summed E-state index contributed by atoms with van der Waals surface area (Å²) in [6, 6.07) is 12.8. The van der Waals surface area contributed by atoms with Crippen molar-refractivity contribution in [1.29, 1.82) is 0 Å². The molecule has 1 amide bonds. The fourth-order valence-electron chi connectivity index (χ4n) is 2.15. The fourth-order valence-corrected chi connectivity index (χ4v) is 4.33. The number of hydrogen-bond acceptors (Lipinski definition) is 7. The van der Waals surface area contributed by atoms with E-state index in [2.05, 4.69) is 26.8 Å². The van der Waals surface area contributed by atoms with E-state index < -0.39 is 15.9 Å². The van der Waals surface area contributed by atoms with Crippen LogP contribution >= 0.6 is 22.9 Å². The van der Waals surface area contributed by atoms with Gasteiger partial charge in [-0.05, 0) is 36.4 Å². The molecule has 0 spiro atoms. The zero-order chi connectivity index (χ0) is 20.9. The molecule has 0 unspecified atom stereocenters. The van der Waals surface area contributed by atoms with E-state index in [1.54, 1.807) is 54.6 Å². The molecule has 0 aliphatic carbocycles. The number of amides is 1. The molecule has 0 atom stereocenters. The average Bonchev–Trinajstić information content (AvgIpc) is 3.17. The van der Waals surface area contributed by atoms with Gasteiger partial charge < -0.3 is 4.74 Å². The van der Waals surface area contributed by atoms with Crippen LogP contribution in [0.2, 0.25) is 5.02 Å². The highest BCUT2D eigenvalue weighted by Crippen LogP contribution is 2.25. The van der Waals surface area contributed by atoms with Crippen molar-refractivity contribution in [3.63, 3.8) is 0 Å². The van der Waals surface area contributed by atoms with Gasteiger partial charge in [0.05, 0.1) is 10.6 Å². The van der Waals surface area contributed by atoms with E-state index in [1.807, 2.05) is 0 Å². The van der Waals surface area contributed by atoms with Crippen molar-refractivity contribution in [3.8, 4) is 5.75 Å². The number of halogens is 1. The molecule has 8 nitrogen and oxygen atoms in total. The second kappa shape index (κ2) is 9.03. The van der Waals surface area contributed by atoms with Crippen LogP contribution in [0.1, 0.15) is 10.4 Å². The number of sulfonamides is 1. The van der Waals surface area contributed by atoms with Crippen molar-refractivity contribution >= 4 is 49.7 Å². The topological polar surface area (TPSA) is 110 Å². The summed E-state index contributed by atoms with van der Waals surface area (Å²) in [5, 5.41) is 10.1. The molecule has 3 aromatic rings. The first-order valence-electron chi connectivity index (χ1n) is 8.15. The molecular weight excluding hydrogens is 436 g/mol. The SMILES string of the molecule is C=CCOc1ccc(NS(=O)(=O)c2nnc(NC(=O)c3ccccc3Cl)s2)cc1. The normalized spacial score (nSPS) is 10.9. The molecule has 1 heterocycles. The Labute approximate surface area is 176 Å². The summed E-state index contributed by atoms with van der Waals surface area (Å²) in [5.41, 5.74) is 0.568. The Morgan fingerprint density at radius 1 is 1.17 bits per heavy atom. The van der Waals surface area contributed by atoms with Gasteiger partial charge in [-0.2, -0.15) is 8.42 Å². The maximum Gasteiger partial charge on any atom is 0.291 e. The molecule has 1 aromatic heterocycles. The first-order chi connectivity index (χ1) is 13.9. The molecule has 0 radical (unpaired) electrons. The Morgan fingerprint density at radius 3 is 2.59 bits per heavy atom. The van der Waals surface area contributed by atoms with E-state index in [1.165, 1.54) is 0 Å². The van der Waals surface area contributed by atoms with E-state index in [0.717, 1.165) is 11.3 Å². The smallest absolute Gasteiger partial charge is 0.291 e. The number of nitrogens with zero attached hydrogens (tertiary/aromatic N) is 2. The summed E-state index contributed by atoms with van der Waals surface area (Å²) in [4.78, 5) is 12.3. The van der Waals surface area contributed by atoms with Crippen molar-refractivity contribution in [2.75, 3.05) is 16.6 Å². The molecule has 29 heavy (non-hydrogen) atoms. The number of rotatable bonds is 8. The number of nitrogens with one attached hydrogen (secondary N) is 2. The zero-order valence-corrected chi connectivity index (χ0v) is 17.2. The number of carbonyl (C=O) groups is 1. The lowest BCUT2D eigenvalue weighted by atomic mass is 10.2. The molecular formula is C18H15ClN4O4S2. The summed E-state index contributed by atoms with van der Waals surface area (Å²) < 4.78 is 32.4. The van der Waals surface area contributed by atoms with Crippen molar-refractivity contribution < 1.29 is 17.9 Å². The van der Waals surface area contributed by atoms with E-state index in [4.69, 9.17) is 16.3 Å². The van der Waals surface area contributed by atoms with Gasteiger partial charge in [0.25, 0.3) is 20.3 Å². The van der Waals surface area contributed by atoms with E-state index in [9.17, 15) is 13.2 Å². The minimum Gasteiger partial charge on any atom is -0.490 e. The van der Waals surface area contributed by atoms with Crippen LogP contribution in [0.3, 0.4) is 0 Å². The van der Waals surface area contributed by atoms with Gasteiger partial charge in [-0.3, -0.25) is 14.8 Å². The summed E-state index contributed by atoms with van der Waals surface area (Å²) in [7, 11) is -3.97. The molecule has 150 valence electrons. The Hall–Kier alpha value is -2.95. The van der Waals surface area contributed by atoms with Gasteiger partial charge in [0.15, 0.2) is 0 Å². The summed E-state index contributed by atoms with van der Waals surface area (Å²) in [5.74, 6) is 0.0621. The molecule has 0 saturated heterocycles. The quantitative estimate of drug-likeness (QED) is 0.399. The van der Waals surface area contributed by atoms with Crippen LogP contribution < -0.4 is 14.8 Å². The van der Waals surface area contributed by atoms with Crippen LogP contribution in [0.4, 0.5) is 10.8 Å². The highest BCUT2D eigenvalue weighted by Gasteiger charge is 2.22. The molecule has 0 saturated carbocycles. The zero-order valence-electron chi connectivity index (χ0n) is 14.8. The molecule has 11 heteroatoms. The van der Waals surface area contributed by atoms with Gasteiger partial charge in [-0.15, -0.1) is 10.2 Å². The van der Waals surface area contributed by atoms with Crippen molar-refractivity contribution in [3.05, 3.63) is 71.8 Å². The summed E-state index contributed by atoms with van der Waals surface area (Å²) in [6.45, 7) is 3.90. The molecule has 3 rings (SSSR count). The Bertz CT molecular complexity index is 1130. The van der Waals surface area contributed by atoms with Gasteiger partial charge in [-0.1, -0.05) is 47.7 Å². The Morgan fingerprint density at radius 2 is 1.90 bits per heavy atom. The van der Waals surface area contributed by atoms with Crippen LogP contribution in [0.15, 0.2) is 65.5 Å². The third-order valence-electron chi connectivity index (χ3n) is 3.45. The third-order valence-corrected chi connectivity index (χ3v) is 6.37. The maximum absolute atomic E-state index is 12.5. The molecule has 0 bridgehead atoms. The number of aromatic nitrogens is 2. The van der Waals surface area contributed by atoms with Crippen molar-refractivity contribution in [1.82, 2.24) is 10.2 Å². The molecule has 0 fully saturated rings. The van der Waals surface area contributed by atoms with Crippen molar-refractivity contribution in [2.45, 2.75) is 4.34 Å². The second-order valence-corrected chi connectivity index (χ2v) is 8.78. The lowest BCUT2D eigenvalue weighted by Gasteiger charge is -2.07. The van der Waals surface area contributed by atoms with E-state index in [-0.39, 0.29) is 20.1 Å². The maximum atomic E-state index is 12.5. The van der Waals surface area contributed by atoms with Crippen LogP contribution in [0, 0.1) is 0 Å². The molecule has 2 aromatic carbocycles. The lowest BCUT2D eigenvalue weighted by molar-refractivity contribution is 0.102. The second-order valence-electron chi connectivity index (χ2n) is 5.54. The largest absolute Gasteiger partial charge is 0.490 e. The van der Waals surface area contributed by atoms with Crippen LogP contribution in [-0.4, -0.2) is 31.1 Å². The van der Waals surface area contributed by atoms with Gasteiger partial charge in [0.2, 0.25) is 5.13 Å². The monoisotopic (exact) mass is 450 g/mol. The van der Waals surface area contributed by atoms with Crippen molar-refractivity contribution in [2.24, 2.45) is 0 Å².